The monoisotopic (exact) mass is 295 g/mol. The van der Waals surface area contributed by atoms with Crippen molar-refractivity contribution in [1.82, 2.24) is 0 Å². The summed E-state index contributed by atoms with van der Waals surface area (Å²) in [7, 11) is 0. The zero-order valence-electron chi connectivity index (χ0n) is 12.0. The molecule has 0 amide bonds. The van der Waals surface area contributed by atoms with Crippen molar-refractivity contribution in [2.75, 3.05) is 19.8 Å². The first-order valence-electron chi connectivity index (χ1n) is 7.47. The minimum absolute atomic E-state index is 0.0574. The highest BCUT2D eigenvalue weighted by molar-refractivity contribution is 6.33. The number of benzene rings is 1. The second kappa shape index (κ2) is 5.45. The van der Waals surface area contributed by atoms with Gasteiger partial charge in [-0.25, -0.2) is 0 Å². The second-order valence-corrected chi connectivity index (χ2v) is 6.31. The van der Waals surface area contributed by atoms with Crippen LogP contribution >= 0.6 is 11.6 Å². The molecule has 1 aromatic rings. The number of fused-ring (bicyclic) bond motifs is 1. The molecular weight excluding hydrogens is 274 g/mol. The first kappa shape index (κ1) is 14.0. The van der Waals surface area contributed by atoms with E-state index in [-0.39, 0.29) is 5.41 Å². The van der Waals surface area contributed by atoms with E-state index in [4.69, 9.17) is 26.8 Å². The summed E-state index contributed by atoms with van der Waals surface area (Å²) in [6.07, 6.45) is 6.06. The van der Waals surface area contributed by atoms with E-state index in [0.717, 1.165) is 24.2 Å². The third-order valence-corrected chi connectivity index (χ3v) is 5.25. The van der Waals surface area contributed by atoms with E-state index in [1.54, 1.807) is 0 Å². The maximum Gasteiger partial charge on any atom is 0.180 e. The van der Waals surface area contributed by atoms with Crippen LogP contribution in [0.2, 0.25) is 5.02 Å². The highest BCUT2D eigenvalue weighted by Crippen LogP contribution is 2.48. The maximum absolute atomic E-state index is 6.51. The number of halogens is 1. The first-order valence-corrected chi connectivity index (χ1v) is 7.85. The lowest BCUT2D eigenvalue weighted by molar-refractivity contribution is 0.170. The molecule has 1 fully saturated rings. The Balaban J connectivity index is 2.10. The van der Waals surface area contributed by atoms with E-state index < -0.39 is 0 Å². The van der Waals surface area contributed by atoms with Crippen LogP contribution in [0.25, 0.3) is 0 Å². The van der Waals surface area contributed by atoms with E-state index in [1.807, 2.05) is 0 Å². The Kier molecular flexibility index (Phi) is 3.83. The third-order valence-electron chi connectivity index (χ3n) is 4.79. The van der Waals surface area contributed by atoms with E-state index in [2.05, 4.69) is 13.0 Å². The Morgan fingerprint density at radius 3 is 2.60 bits per heavy atom. The number of hydrogen-bond acceptors (Lipinski definition) is 3. The van der Waals surface area contributed by atoms with Gasteiger partial charge >= 0.3 is 0 Å². The molecule has 0 atom stereocenters. The molecule has 2 aliphatic rings. The fraction of sp³-hybridized carbons (Fsp3) is 0.625. The summed E-state index contributed by atoms with van der Waals surface area (Å²) in [6.45, 7) is 3.89. The zero-order valence-corrected chi connectivity index (χ0v) is 12.8. The number of rotatable bonds is 2. The summed E-state index contributed by atoms with van der Waals surface area (Å²) in [5, 5.41) is 0.690. The summed E-state index contributed by atoms with van der Waals surface area (Å²) in [4.78, 5) is 0. The van der Waals surface area contributed by atoms with Crippen LogP contribution in [-0.2, 0) is 5.41 Å². The summed E-state index contributed by atoms with van der Waals surface area (Å²) >= 11 is 6.51. The molecule has 0 spiro atoms. The van der Waals surface area contributed by atoms with Gasteiger partial charge in [0.1, 0.15) is 13.2 Å². The van der Waals surface area contributed by atoms with Gasteiger partial charge in [-0.2, -0.15) is 0 Å². The fourth-order valence-electron chi connectivity index (χ4n) is 3.60. The van der Waals surface area contributed by atoms with Gasteiger partial charge in [-0.1, -0.05) is 30.9 Å². The van der Waals surface area contributed by atoms with Gasteiger partial charge in [0.2, 0.25) is 0 Å². The molecule has 0 unspecified atom stereocenters. The lowest BCUT2D eigenvalue weighted by Gasteiger charge is -2.39. The van der Waals surface area contributed by atoms with Crippen LogP contribution in [0.15, 0.2) is 6.07 Å². The molecular formula is C16H22ClNO2. The predicted octanol–water partition coefficient (Wildman–Crippen LogP) is 3.58. The predicted molar refractivity (Wildman–Crippen MR) is 81.0 cm³/mol. The normalized spacial score (nSPS) is 20.8. The van der Waals surface area contributed by atoms with Gasteiger partial charge in [-0.3, -0.25) is 0 Å². The van der Waals surface area contributed by atoms with Crippen molar-refractivity contribution >= 4 is 11.6 Å². The molecule has 3 rings (SSSR count). The van der Waals surface area contributed by atoms with Gasteiger partial charge in [0.15, 0.2) is 11.5 Å². The molecule has 0 saturated heterocycles. The van der Waals surface area contributed by atoms with Crippen molar-refractivity contribution < 1.29 is 9.47 Å². The van der Waals surface area contributed by atoms with Crippen LogP contribution in [0, 0.1) is 6.92 Å². The summed E-state index contributed by atoms with van der Waals surface area (Å²) < 4.78 is 11.4. The SMILES string of the molecule is Cc1c(C2(CN)CCCCC2)cc2c(c1Cl)OCCO2. The van der Waals surface area contributed by atoms with Crippen LogP contribution in [0.1, 0.15) is 43.2 Å². The van der Waals surface area contributed by atoms with E-state index in [0.29, 0.717) is 30.5 Å². The quantitative estimate of drug-likeness (QED) is 0.907. The molecule has 0 aromatic heterocycles. The van der Waals surface area contributed by atoms with E-state index >= 15 is 0 Å². The Morgan fingerprint density at radius 1 is 1.20 bits per heavy atom. The topological polar surface area (TPSA) is 44.5 Å². The van der Waals surface area contributed by atoms with Gasteiger partial charge in [0.25, 0.3) is 0 Å². The average Bonchev–Trinajstić information content (AvgIpc) is 2.51. The lowest BCUT2D eigenvalue weighted by Crippen LogP contribution is -2.38. The molecule has 3 nitrogen and oxygen atoms in total. The van der Waals surface area contributed by atoms with Gasteiger partial charge in [0, 0.05) is 12.0 Å². The fourth-order valence-corrected chi connectivity index (χ4v) is 3.85. The number of hydrogen-bond donors (Lipinski definition) is 1. The largest absolute Gasteiger partial charge is 0.486 e. The van der Waals surface area contributed by atoms with Crippen LogP contribution in [-0.4, -0.2) is 19.8 Å². The molecule has 20 heavy (non-hydrogen) atoms. The Hall–Kier alpha value is -0.930. The smallest absolute Gasteiger partial charge is 0.180 e. The minimum atomic E-state index is 0.0574. The highest BCUT2D eigenvalue weighted by Gasteiger charge is 2.36. The molecule has 2 N–H and O–H groups in total. The standard InChI is InChI=1S/C16H22ClNO2/c1-11-12(16(10-18)5-3-2-4-6-16)9-13-15(14(11)17)20-8-7-19-13/h9H,2-8,10,18H2,1H3. The van der Waals surface area contributed by atoms with E-state index in [9.17, 15) is 0 Å². The maximum atomic E-state index is 6.51. The van der Waals surface area contributed by atoms with Crippen molar-refractivity contribution in [2.24, 2.45) is 5.73 Å². The Bertz CT molecular complexity index is 510. The van der Waals surface area contributed by atoms with Gasteiger partial charge in [-0.05, 0) is 37.0 Å². The molecule has 1 saturated carbocycles. The van der Waals surface area contributed by atoms with Crippen LogP contribution in [0.3, 0.4) is 0 Å². The van der Waals surface area contributed by atoms with Crippen molar-refractivity contribution in [3.05, 3.63) is 22.2 Å². The molecule has 4 heteroatoms. The lowest BCUT2D eigenvalue weighted by atomic mass is 9.68. The van der Waals surface area contributed by atoms with Crippen LogP contribution in [0.5, 0.6) is 11.5 Å². The molecule has 1 heterocycles. The van der Waals surface area contributed by atoms with Crippen LogP contribution in [0.4, 0.5) is 0 Å². The molecule has 1 aliphatic carbocycles. The second-order valence-electron chi connectivity index (χ2n) is 5.93. The molecule has 0 bridgehead atoms. The molecule has 1 aromatic carbocycles. The van der Waals surface area contributed by atoms with Crippen molar-refractivity contribution in [2.45, 2.75) is 44.4 Å². The Labute approximate surface area is 125 Å². The van der Waals surface area contributed by atoms with Crippen molar-refractivity contribution in [3.63, 3.8) is 0 Å². The molecule has 1 aliphatic heterocycles. The van der Waals surface area contributed by atoms with Gasteiger partial charge < -0.3 is 15.2 Å². The zero-order chi connectivity index (χ0) is 14.2. The highest BCUT2D eigenvalue weighted by atomic mass is 35.5. The minimum Gasteiger partial charge on any atom is -0.486 e. The van der Waals surface area contributed by atoms with Gasteiger partial charge in [0.05, 0.1) is 5.02 Å². The summed E-state index contributed by atoms with van der Waals surface area (Å²) in [5.74, 6) is 1.47. The first-order chi connectivity index (χ1) is 9.68. The summed E-state index contributed by atoms with van der Waals surface area (Å²) in [5.41, 5.74) is 8.57. The van der Waals surface area contributed by atoms with Crippen molar-refractivity contribution in [1.29, 1.82) is 0 Å². The number of ether oxygens (including phenoxy) is 2. The third kappa shape index (κ3) is 2.17. The molecule has 110 valence electrons. The average molecular weight is 296 g/mol. The van der Waals surface area contributed by atoms with Crippen molar-refractivity contribution in [3.8, 4) is 11.5 Å². The van der Waals surface area contributed by atoms with Crippen LogP contribution < -0.4 is 15.2 Å². The Morgan fingerprint density at radius 2 is 1.90 bits per heavy atom. The molecule has 0 radical (unpaired) electrons. The summed E-state index contributed by atoms with van der Waals surface area (Å²) in [6, 6.07) is 2.12. The number of nitrogens with two attached hydrogens (primary N) is 1. The van der Waals surface area contributed by atoms with E-state index in [1.165, 1.54) is 24.8 Å². The van der Waals surface area contributed by atoms with Gasteiger partial charge in [-0.15, -0.1) is 0 Å².